The zero-order valence-electron chi connectivity index (χ0n) is 18.7. The van der Waals surface area contributed by atoms with Gasteiger partial charge < -0.3 is 16.0 Å². The van der Waals surface area contributed by atoms with E-state index in [1.807, 2.05) is 24.3 Å². The fourth-order valence-corrected chi connectivity index (χ4v) is 5.48. The molecule has 2 saturated heterocycles. The molecular formula is C24H37N5O2. The molecule has 0 bridgehead atoms. The minimum Gasteiger partial charge on any atom is -0.385 e. The summed E-state index contributed by atoms with van der Waals surface area (Å²) in [7, 11) is 0. The third-order valence-electron chi connectivity index (χ3n) is 7.49. The highest BCUT2D eigenvalue weighted by Gasteiger charge is 2.44. The summed E-state index contributed by atoms with van der Waals surface area (Å²) in [6.07, 6.45) is 7.76. The van der Waals surface area contributed by atoms with Crippen LogP contribution in [-0.4, -0.2) is 55.6 Å². The number of amides is 3. The number of rotatable bonds is 8. The predicted molar refractivity (Wildman–Crippen MR) is 124 cm³/mol. The maximum absolute atomic E-state index is 12.1. The van der Waals surface area contributed by atoms with Gasteiger partial charge in [0.05, 0.1) is 0 Å². The van der Waals surface area contributed by atoms with Gasteiger partial charge in [-0.15, -0.1) is 0 Å². The van der Waals surface area contributed by atoms with Crippen molar-refractivity contribution in [3.63, 3.8) is 0 Å². The van der Waals surface area contributed by atoms with Gasteiger partial charge in [-0.1, -0.05) is 19.4 Å². The van der Waals surface area contributed by atoms with Crippen LogP contribution in [0.15, 0.2) is 24.3 Å². The normalized spacial score (nSPS) is 22.8. The van der Waals surface area contributed by atoms with E-state index in [1.54, 1.807) is 4.90 Å². The Kier molecular flexibility index (Phi) is 6.82. The first-order chi connectivity index (χ1) is 15.0. The quantitative estimate of drug-likeness (QED) is 0.593. The number of nitrogens with two attached hydrogens (primary N) is 1. The number of nitrogens with one attached hydrogen (secondary N) is 2. The number of benzene rings is 1. The van der Waals surface area contributed by atoms with Crippen molar-refractivity contribution in [2.45, 2.75) is 57.9 Å². The van der Waals surface area contributed by atoms with Crippen LogP contribution in [0, 0.1) is 11.3 Å². The molecule has 3 fully saturated rings. The molecule has 7 nitrogen and oxygen atoms in total. The molecule has 0 radical (unpaired) electrons. The number of carbonyl (C=O) groups excluding carboxylic acids is 2. The average molecular weight is 428 g/mol. The number of nitrogens with zero attached hydrogens (tertiary/aromatic N) is 2. The van der Waals surface area contributed by atoms with Crippen LogP contribution in [-0.2, 0) is 4.79 Å². The smallest absolute Gasteiger partial charge is 0.328 e. The van der Waals surface area contributed by atoms with E-state index >= 15 is 0 Å². The molecule has 1 aromatic rings. The topological polar surface area (TPSA) is 90.7 Å². The highest BCUT2D eigenvalue weighted by atomic mass is 16.2. The lowest BCUT2D eigenvalue weighted by Crippen LogP contribution is -2.52. The minimum atomic E-state index is -0.341. The molecule has 1 aliphatic carbocycles. The molecule has 4 rings (SSSR count). The predicted octanol–water partition coefficient (Wildman–Crippen LogP) is 3.16. The lowest BCUT2D eigenvalue weighted by atomic mass is 9.60. The molecule has 170 valence electrons. The van der Waals surface area contributed by atoms with Gasteiger partial charge in [-0.2, -0.15) is 0 Å². The molecule has 1 unspecified atom stereocenters. The molecule has 0 aromatic heterocycles. The van der Waals surface area contributed by atoms with E-state index in [0.717, 1.165) is 24.3 Å². The summed E-state index contributed by atoms with van der Waals surface area (Å²) >= 11 is 0. The number of piperidine rings is 1. The molecule has 3 amide bonds. The van der Waals surface area contributed by atoms with Crippen molar-refractivity contribution in [3.8, 4) is 0 Å². The van der Waals surface area contributed by atoms with E-state index in [9.17, 15) is 9.59 Å². The Morgan fingerprint density at radius 2 is 2.00 bits per heavy atom. The molecule has 1 saturated carbocycles. The summed E-state index contributed by atoms with van der Waals surface area (Å²) in [6.45, 7) is 7.26. The maximum Gasteiger partial charge on any atom is 0.328 e. The lowest BCUT2D eigenvalue weighted by Gasteiger charge is -2.51. The molecule has 1 aromatic carbocycles. The molecule has 2 heterocycles. The van der Waals surface area contributed by atoms with Crippen LogP contribution in [0.25, 0.3) is 0 Å². The number of hydrogen-bond acceptors (Lipinski definition) is 5. The van der Waals surface area contributed by atoms with Gasteiger partial charge in [0, 0.05) is 43.5 Å². The van der Waals surface area contributed by atoms with Crippen molar-refractivity contribution in [1.82, 2.24) is 10.2 Å². The van der Waals surface area contributed by atoms with Gasteiger partial charge in [0.15, 0.2) is 0 Å². The third kappa shape index (κ3) is 5.39. The molecular weight excluding hydrogens is 390 g/mol. The summed E-state index contributed by atoms with van der Waals surface area (Å²) < 4.78 is 0. The number of carbonyl (C=O) groups is 2. The second-order valence-corrected chi connectivity index (χ2v) is 9.76. The summed E-state index contributed by atoms with van der Waals surface area (Å²) in [6, 6.07) is 7.99. The van der Waals surface area contributed by atoms with E-state index in [1.165, 1.54) is 51.7 Å². The molecule has 31 heavy (non-hydrogen) atoms. The zero-order chi connectivity index (χ0) is 21.8. The Bertz CT molecular complexity index is 782. The Balaban J connectivity index is 1.22. The van der Waals surface area contributed by atoms with E-state index in [4.69, 9.17) is 5.73 Å². The molecule has 1 atom stereocenters. The summed E-state index contributed by atoms with van der Waals surface area (Å²) in [5, 5.41) is 5.91. The van der Waals surface area contributed by atoms with Crippen LogP contribution >= 0.6 is 0 Å². The van der Waals surface area contributed by atoms with E-state index < -0.39 is 0 Å². The highest BCUT2D eigenvalue weighted by Crippen LogP contribution is 2.48. The monoisotopic (exact) mass is 427 g/mol. The number of urea groups is 1. The first-order valence-electron chi connectivity index (χ1n) is 11.9. The van der Waals surface area contributed by atoms with Crippen LogP contribution in [0.4, 0.5) is 16.2 Å². The summed E-state index contributed by atoms with van der Waals surface area (Å²) in [5.74, 6) is 0.480. The van der Waals surface area contributed by atoms with Crippen LogP contribution in [0.1, 0.15) is 51.9 Å². The van der Waals surface area contributed by atoms with Gasteiger partial charge in [-0.05, 0) is 74.7 Å². The Labute approximate surface area is 185 Å². The van der Waals surface area contributed by atoms with Crippen LogP contribution < -0.4 is 21.3 Å². The van der Waals surface area contributed by atoms with Crippen LogP contribution in [0.5, 0.6) is 0 Å². The Hall–Kier alpha value is -2.12. The number of imide groups is 1. The van der Waals surface area contributed by atoms with Gasteiger partial charge in [0.25, 0.3) is 0 Å². The van der Waals surface area contributed by atoms with Gasteiger partial charge in [-0.3, -0.25) is 15.0 Å². The summed E-state index contributed by atoms with van der Waals surface area (Å²) in [5.41, 5.74) is 8.44. The largest absolute Gasteiger partial charge is 0.385 e. The van der Waals surface area contributed by atoms with Crippen molar-refractivity contribution in [1.29, 1.82) is 0 Å². The lowest BCUT2D eigenvalue weighted by molar-refractivity contribution is -0.120. The molecule has 4 N–H and O–H groups in total. The summed E-state index contributed by atoms with van der Waals surface area (Å²) in [4.78, 5) is 27.7. The fourth-order valence-electron chi connectivity index (χ4n) is 5.48. The SMILES string of the molecule is CCC(CCNc1cccc(N2CCC(=O)NC2=O)c1)CN1CCC2(CC1)CC(N)C2. The molecule has 3 aliphatic rings. The molecule has 1 spiro atoms. The van der Waals surface area contributed by atoms with Gasteiger partial charge >= 0.3 is 6.03 Å². The Morgan fingerprint density at radius 3 is 2.68 bits per heavy atom. The van der Waals surface area contributed by atoms with E-state index in [2.05, 4.69) is 22.5 Å². The number of anilines is 2. The molecule has 2 aliphatic heterocycles. The minimum absolute atomic E-state index is 0.207. The molecule has 7 heteroatoms. The van der Waals surface area contributed by atoms with Crippen LogP contribution in [0.3, 0.4) is 0 Å². The van der Waals surface area contributed by atoms with Crippen LogP contribution in [0.2, 0.25) is 0 Å². The first-order valence-corrected chi connectivity index (χ1v) is 11.9. The fraction of sp³-hybridized carbons (Fsp3) is 0.667. The standard InChI is InChI=1S/C24H37N5O2/c1-2-18(17-28-12-8-24(9-13-28)15-19(25)16-24)6-10-26-20-4-3-5-21(14-20)29-11-7-22(30)27-23(29)31/h3-5,14,18-19,26H,2,6-13,15-17,25H2,1H3,(H,27,30,31). The van der Waals surface area contributed by atoms with Gasteiger partial charge in [0.2, 0.25) is 5.91 Å². The van der Waals surface area contributed by atoms with Crippen molar-refractivity contribution < 1.29 is 9.59 Å². The third-order valence-corrected chi connectivity index (χ3v) is 7.49. The Morgan fingerprint density at radius 1 is 1.23 bits per heavy atom. The van der Waals surface area contributed by atoms with Crippen molar-refractivity contribution >= 4 is 23.3 Å². The van der Waals surface area contributed by atoms with Crippen molar-refractivity contribution in [2.24, 2.45) is 17.1 Å². The van der Waals surface area contributed by atoms with Gasteiger partial charge in [-0.25, -0.2) is 4.79 Å². The van der Waals surface area contributed by atoms with Gasteiger partial charge in [0.1, 0.15) is 0 Å². The number of hydrogen-bond donors (Lipinski definition) is 3. The zero-order valence-corrected chi connectivity index (χ0v) is 18.7. The first kappa shape index (κ1) is 22.1. The van der Waals surface area contributed by atoms with Crippen molar-refractivity contribution in [3.05, 3.63) is 24.3 Å². The highest BCUT2D eigenvalue weighted by molar-refractivity contribution is 6.05. The number of likely N-dealkylation sites (tertiary alicyclic amines) is 1. The second-order valence-electron chi connectivity index (χ2n) is 9.76. The van der Waals surface area contributed by atoms with E-state index in [0.29, 0.717) is 30.3 Å². The average Bonchev–Trinajstić information content (AvgIpc) is 2.73. The maximum atomic E-state index is 12.1. The van der Waals surface area contributed by atoms with Crippen molar-refractivity contribution in [2.75, 3.05) is 42.9 Å². The second kappa shape index (κ2) is 9.57. The van der Waals surface area contributed by atoms with E-state index in [-0.39, 0.29) is 11.9 Å².